The molecule has 3 atom stereocenters. The fourth-order valence-corrected chi connectivity index (χ4v) is 7.50. The first-order valence-electron chi connectivity index (χ1n) is 12.8. The highest BCUT2D eigenvalue weighted by atomic mass is 35.5. The largest absolute Gasteiger partial charge is 0.573 e. The summed E-state index contributed by atoms with van der Waals surface area (Å²) in [6.07, 6.45) is -6.87. The van der Waals surface area contributed by atoms with Crippen molar-refractivity contribution in [3.8, 4) is 17.2 Å². The van der Waals surface area contributed by atoms with Crippen molar-refractivity contribution in [3.05, 3.63) is 76.8 Å². The number of carbonyl (C=O) groups is 2. The Kier molecular flexibility index (Phi) is 7.95. The first-order valence-corrected chi connectivity index (χ1v) is 14.6. The van der Waals surface area contributed by atoms with Crippen molar-refractivity contribution in [2.45, 2.75) is 35.4 Å². The molecular weight excluding hydrogens is 633 g/mol. The van der Waals surface area contributed by atoms with Gasteiger partial charge in [-0.1, -0.05) is 29.8 Å². The molecule has 0 saturated carbocycles. The number of rotatable bonds is 8. The summed E-state index contributed by atoms with van der Waals surface area (Å²) in [6.45, 7) is -0.397. The van der Waals surface area contributed by atoms with Gasteiger partial charge in [-0.3, -0.25) is 14.5 Å². The van der Waals surface area contributed by atoms with Crippen molar-refractivity contribution in [1.29, 1.82) is 0 Å². The van der Waals surface area contributed by atoms with Crippen LogP contribution in [0.15, 0.2) is 65.6 Å². The molecule has 0 spiro atoms. The number of halogens is 4. The summed E-state index contributed by atoms with van der Waals surface area (Å²) in [7, 11) is -2.81. The molecule has 16 heteroatoms. The van der Waals surface area contributed by atoms with E-state index in [9.17, 15) is 41.4 Å². The van der Waals surface area contributed by atoms with E-state index in [0.29, 0.717) is 10.4 Å². The third-order valence-electron chi connectivity index (χ3n) is 7.45. The predicted octanol–water partition coefficient (Wildman–Crippen LogP) is 3.75. The van der Waals surface area contributed by atoms with Gasteiger partial charge in [0.1, 0.15) is 22.4 Å². The van der Waals surface area contributed by atoms with Gasteiger partial charge in [0.15, 0.2) is 11.3 Å². The molecule has 3 aromatic rings. The van der Waals surface area contributed by atoms with Gasteiger partial charge >= 0.3 is 12.3 Å². The standard InChI is InChI=1S/C28H24ClF3N2O9S/c1-41-17-8-10-24(23(13-17)43-28(30,31)32)44(39,40)34-20-9-7-15(29)11-19(20)27(26(34)38,18-5-3-4-6-22(18)42-2)33-14-16(35)12-21(33)25(36)37/h3-11,13,16,21,35H,12,14H2,1-2H3,(H,36,37)/t16-,21+,27?/m1/s1. The number of fused-ring (bicyclic) bond motifs is 1. The van der Waals surface area contributed by atoms with Crippen LogP contribution in [0.4, 0.5) is 18.9 Å². The lowest BCUT2D eigenvalue weighted by molar-refractivity contribution is -0.275. The Labute approximate surface area is 254 Å². The molecule has 0 aliphatic carbocycles. The van der Waals surface area contributed by atoms with Gasteiger partial charge in [-0.15, -0.1) is 13.2 Å². The number of hydrogen-bond acceptors (Lipinski definition) is 9. The minimum atomic E-state index is -5.32. The van der Waals surface area contributed by atoms with Crippen LogP contribution in [0.1, 0.15) is 17.5 Å². The summed E-state index contributed by atoms with van der Waals surface area (Å²) >= 11 is 6.35. The van der Waals surface area contributed by atoms with Gasteiger partial charge in [-0.25, -0.2) is 12.7 Å². The van der Waals surface area contributed by atoms with E-state index in [1.54, 1.807) is 6.07 Å². The van der Waals surface area contributed by atoms with Crippen molar-refractivity contribution in [3.63, 3.8) is 0 Å². The second kappa shape index (κ2) is 11.1. The average Bonchev–Trinajstić information content (AvgIpc) is 3.47. The number of anilines is 1. The zero-order chi connectivity index (χ0) is 32.2. The Balaban J connectivity index is 1.85. The molecule has 5 rings (SSSR count). The van der Waals surface area contributed by atoms with Crippen molar-refractivity contribution in [1.82, 2.24) is 4.90 Å². The first kappa shape index (κ1) is 31.4. The number of ether oxygens (including phenoxy) is 3. The molecule has 44 heavy (non-hydrogen) atoms. The number of nitrogens with zero attached hydrogens (tertiary/aromatic N) is 2. The molecule has 1 unspecified atom stereocenters. The van der Waals surface area contributed by atoms with E-state index in [-0.39, 0.29) is 39.8 Å². The Morgan fingerprint density at radius 3 is 2.36 bits per heavy atom. The number of β-amino-alcohol motifs (C(OH)–C–C–N with tert-alkyl or cyclic N) is 1. The van der Waals surface area contributed by atoms with Gasteiger partial charge in [0, 0.05) is 35.2 Å². The zero-order valence-corrected chi connectivity index (χ0v) is 24.5. The Hall–Kier alpha value is -4.05. The van der Waals surface area contributed by atoms with Crippen molar-refractivity contribution >= 4 is 39.2 Å². The molecule has 234 valence electrons. The molecule has 11 nitrogen and oxygen atoms in total. The van der Waals surface area contributed by atoms with Crippen LogP contribution in [0.2, 0.25) is 5.02 Å². The van der Waals surface area contributed by atoms with Crippen molar-refractivity contribution in [2.75, 3.05) is 25.1 Å². The molecular formula is C28H24ClF3N2O9S. The minimum Gasteiger partial charge on any atom is -0.497 e. The Morgan fingerprint density at radius 2 is 1.73 bits per heavy atom. The lowest BCUT2D eigenvalue weighted by Crippen LogP contribution is -2.58. The number of carboxylic acids is 1. The van der Waals surface area contributed by atoms with E-state index in [4.69, 9.17) is 21.1 Å². The number of aliphatic hydroxyl groups excluding tert-OH is 1. The molecule has 2 aliphatic rings. The first-order chi connectivity index (χ1) is 20.7. The molecule has 1 fully saturated rings. The minimum absolute atomic E-state index is 0.00978. The van der Waals surface area contributed by atoms with Crippen molar-refractivity contribution in [2.24, 2.45) is 0 Å². The van der Waals surface area contributed by atoms with E-state index < -0.39 is 63.1 Å². The number of benzene rings is 3. The summed E-state index contributed by atoms with van der Waals surface area (Å²) in [5.41, 5.74) is -2.70. The highest BCUT2D eigenvalue weighted by molar-refractivity contribution is 7.93. The number of carbonyl (C=O) groups excluding carboxylic acids is 1. The Bertz CT molecular complexity index is 1750. The number of aliphatic hydroxyl groups is 1. The molecule has 2 N–H and O–H groups in total. The molecule has 1 saturated heterocycles. The highest BCUT2D eigenvalue weighted by Gasteiger charge is 2.64. The maximum Gasteiger partial charge on any atom is 0.573 e. The number of para-hydroxylation sites is 1. The number of methoxy groups -OCH3 is 2. The van der Waals surface area contributed by atoms with Crippen LogP contribution >= 0.6 is 11.6 Å². The van der Waals surface area contributed by atoms with Crippen LogP contribution in [0, 0.1) is 0 Å². The number of amides is 1. The number of sulfonamides is 1. The van der Waals surface area contributed by atoms with E-state index in [1.807, 2.05) is 0 Å². The quantitative estimate of drug-likeness (QED) is 0.368. The summed E-state index contributed by atoms with van der Waals surface area (Å²) in [5.74, 6) is -3.96. The molecule has 0 radical (unpaired) electrons. The molecule has 0 aromatic heterocycles. The van der Waals surface area contributed by atoms with Crippen molar-refractivity contribution < 1.29 is 55.6 Å². The lowest BCUT2D eigenvalue weighted by atomic mass is 9.81. The predicted molar refractivity (Wildman–Crippen MR) is 148 cm³/mol. The summed E-state index contributed by atoms with van der Waals surface area (Å²) in [6, 6.07) is 10.7. The van der Waals surface area contributed by atoms with E-state index >= 15 is 0 Å². The third kappa shape index (κ3) is 4.99. The Morgan fingerprint density at radius 1 is 1.02 bits per heavy atom. The van der Waals surface area contributed by atoms with Gasteiger partial charge in [0.25, 0.3) is 15.9 Å². The number of likely N-dealkylation sites (tertiary alicyclic amines) is 1. The maximum absolute atomic E-state index is 14.9. The highest BCUT2D eigenvalue weighted by Crippen LogP contribution is 2.55. The molecule has 0 bridgehead atoms. The molecule has 2 heterocycles. The van der Waals surface area contributed by atoms with Crippen LogP contribution in [0.3, 0.4) is 0 Å². The topological polar surface area (TPSA) is 143 Å². The van der Waals surface area contributed by atoms with Gasteiger partial charge < -0.3 is 24.4 Å². The SMILES string of the molecule is COc1ccc(S(=O)(=O)N2C(=O)C(c3ccccc3OC)(N3C[C@H](O)C[C@H]3C(=O)O)c3cc(Cl)ccc32)c(OC(F)(F)F)c1. The van der Waals surface area contributed by atoms with Gasteiger partial charge in [-0.05, 0) is 36.4 Å². The van der Waals surface area contributed by atoms with Gasteiger partial charge in [-0.2, -0.15) is 0 Å². The fourth-order valence-electron chi connectivity index (χ4n) is 5.77. The fraction of sp³-hybridized carbons (Fsp3) is 0.286. The summed E-state index contributed by atoms with van der Waals surface area (Å²) in [5, 5.41) is 20.8. The molecule has 1 amide bonds. The lowest BCUT2D eigenvalue weighted by Gasteiger charge is -2.40. The third-order valence-corrected chi connectivity index (χ3v) is 9.42. The second-order valence-corrected chi connectivity index (χ2v) is 12.1. The van der Waals surface area contributed by atoms with E-state index in [0.717, 1.165) is 24.1 Å². The maximum atomic E-state index is 14.9. The number of hydrogen-bond donors (Lipinski definition) is 2. The second-order valence-electron chi connectivity index (χ2n) is 9.90. The molecule has 3 aromatic carbocycles. The zero-order valence-electron chi connectivity index (χ0n) is 22.9. The number of carboxylic acid groups (broad SMARTS) is 1. The monoisotopic (exact) mass is 656 g/mol. The molecule has 2 aliphatic heterocycles. The average molecular weight is 657 g/mol. The van der Waals surface area contributed by atoms with Gasteiger partial charge in [0.05, 0.1) is 26.0 Å². The van der Waals surface area contributed by atoms with Crippen LogP contribution in [-0.2, 0) is 25.2 Å². The van der Waals surface area contributed by atoms with Crippen LogP contribution in [0.25, 0.3) is 0 Å². The van der Waals surface area contributed by atoms with Crippen LogP contribution < -0.4 is 18.5 Å². The summed E-state index contributed by atoms with van der Waals surface area (Å²) < 4.78 is 83.7. The normalized spacial score (nSPS) is 22.2. The van der Waals surface area contributed by atoms with E-state index in [2.05, 4.69) is 4.74 Å². The number of aliphatic carboxylic acids is 1. The summed E-state index contributed by atoms with van der Waals surface area (Å²) in [4.78, 5) is 27.5. The van der Waals surface area contributed by atoms with Gasteiger partial charge in [0.2, 0.25) is 0 Å². The van der Waals surface area contributed by atoms with E-state index in [1.165, 1.54) is 43.5 Å². The van der Waals surface area contributed by atoms with Crippen LogP contribution in [-0.4, -0.2) is 74.7 Å². The van der Waals surface area contributed by atoms with Crippen LogP contribution in [0.5, 0.6) is 17.2 Å². The smallest absolute Gasteiger partial charge is 0.497 e. The number of alkyl halides is 3.